The van der Waals surface area contributed by atoms with Crippen LogP contribution in [-0.4, -0.2) is 18.0 Å². The molecule has 4 nitrogen and oxygen atoms in total. The molecule has 0 spiro atoms. The fraction of sp³-hybridized carbons (Fsp3) is 0.333. The second kappa shape index (κ2) is 2.40. The summed E-state index contributed by atoms with van der Waals surface area (Å²) in [4.78, 5) is 21.0. The third-order valence-corrected chi connectivity index (χ3v) is 1.02. The molecule has 1 atom stereocenters. The molecule has 0 aromatic carbocycles. The van der Waals surface area contributed by atoms with Crippen LogP contribution in [0.5, 0.6) is 0 Å². The molecule has 1 saturated heterocycles. The van der Waals surface area contributed by atoms with Crippen molar-refractivity contribution in [3.8, 4) is 11.8 Å². The number of urea groups is 1. The van der Waals surface area contributed by atoms with Gasteiger partial charge < -0.3 is 5.32 Å². The van der Waals surface area contributed by atoms with Gasteiger partial charge in [-0.05, 0) is 6.92 Å². The van der Waals surface area contributed by atoms with Crippen LogP contribution in [0.3, 0.4) is 0 Å². The Balaban J connectivity index is 2.69. The Morgan fingerprint density at radius 3 is 2.70 bits per heavy atom. The fourth-order valence-electron chi connectivity index (χ4n) is 0.624. The number of carbonyl (C=O) groups excluding carboxylic acids is 2. The standard InChI is InChI=1S/C6H5N2O2/c1-2-3-4-5(9)8-6(10)7-4/h4H,1H3,(H,7,10). The van der Waals surface area contributed by atoms with Crippen LogP contribution in [0.1, 0.15) is 6.92 Å². The average Bonchev–Trinajstić information content (AvgIpc) is 2.13. The molecular weight excluding hydrogens is 132 g/mol. The topological polar surface area (TPSA) is 60.3 Å². The molecule has 1 heterocycles. The van der Waals surface area contributed by atoms with E-state index in [0.29, 0.717) is 0 Å². The van der Waals surface area contributed by atoms with Crippen LogP contribution in [0.25, 0.3) is 0 Å². The molecule has 1 aliphatic heterocycles. The summed E-state index contributed by atoms with van der Waals surface area (Å²) in [7, 11) is 0. The van der Waals surface area contributed by atoms with Crippen LogP contribution < -0.4 is 10.6 Å². The van der Waals surface area contributed by atoms with E-state index in [4.69, 9.17) is 0 Å². The van der Waals surface area contributed by atoms with Crippen LogP contribution in [0, 0.1) is 11.8 Å². The number of imide groups is 1. The van der Waals surface area contributed by atoms with Crippen LogP contribution in [0.15, 0.2) is 0 Å². The lowest BCUT2D eigenvalue weighted by Gasteiger charge is -1.91. The predicted octanol–water partition coefficient (Wildman–Crippen LogP) is -0.768. The lowest BCUT2D eigenvalue weighted by Crippen LogP contribution is -2.26. The molecule has 4 heteroatoms. The number of hydrogen-bond donors (Lipinski definition) is 1. The Labute approximate surface area is 58.0 Å². The highest BCUT2D eigenvalue weighted by Gasteiger charge is 2.29. The minimum atomic E-state index is -0.711. The molecule has 1 aliphatic rings. The van der Waals surface area contributed by atoms with Gasteiger partial charge in [-0.3, -0.25) is 4.79 Å². The summed E-state index contributed by atoms with van der Waals surface area (Å²) in [5.41, 5.74) is 0. The molecule has 51 valence electrons. The fourth-order valence-corrected chi connectivity index (χ4v) is 0.624. The number of hydrogen-bond acceptors (Lipinski definition) is 2. The minimum absolute atomic E-state index is 0.501. The van der Waals surface area contributed by atoms with E-state index >= 15 is 0 Å². The average molecular weight is 137 g/mol. The molecule has 0 aliphatic carbocycles. The van der Waals surface area contributed by atoms with Crippen molar-refractivity contribution in [1.29, 1.82) is 0 Å². The van der Waals surface area contributed by atoms with Crippen LogP contribution in [-0.2, 0) is 4.79 Å². The van der Waals surface area contributed by atoms with Gasteiger partial charge in [0, 0.05) is 0 Å². The molecule has 3 amide bonds. The number of amides is 3. The SMILES string of the molecule is CC#CC1NC(=O)[N]C1=O. The van der Waals surface area contributed by atoms with E-state index in [0.717, 1.165) is 0 Å². The van der Waals surface area contributed by atoms with Gasteiger partial charge >= 0.3 is 6.03 Å². The molecular formula is C6H5N2O2. The molecule has 10 heavy (non-hydrogen) atoms. The predicted molar refractivity (Wildman–Crippen MR) is 32.9 cm³/mol. The molecule has 1 N–H and O–H groups in total. The smallest absolute Gasteiger partial charge is 0.314 e. The first-order valence-corrected chi connectivity index (χ1v) is 2.72. The van der Waals surface area contributed by atoms with E-state index in [2.05, 4.69) is 22.5 Å². The van der Waals surface area contributed by atoms with Gasteiger partial charge in [0.25, 0.3) is 5.91 Å². The van der Waals surface area contributed by atoms with Gasteiger partial charge in [-0.15, -0.1) is 5.92 Å². The van der Waals surface area contributed by atoms with Gasteiger partial charge in [-0.1, -0.05) is 5.92 Å². The van der Waals surface area contributed by atoms with E-state index < -0.39 is 18.0 Å². The van der Waals surface area contributed by atoms with Crippen molar-refractivity contribution in [2.24, 2.45) is 0 Å². The summed E-state index contributed by atoms with van der Waals surface area (Å²) in [5.74, 6) is 4.51. The first-order chi connectivity index (χ1) is 4.74. The maximum atomic E-state index is 10.6. The number of rotatable bonds is 0. The van der Waals surface area contributed by atoms with Gasteiger partial charge in [0.15, 0.2) is 6.04 Å². The lowest BCUT2D eigenvalue weighted by molar-refractivity contribution is -0.119. The molecule has 1 unspecified atom stereocenters. The van der Waals surface area contributed by atoms with Crippen LogP contribution >= 0.6 is 0 Å². The normalized spacial score (nSPS) is 22.7. The first kappa shape index (κ1) is 6.62. The second-order valence-corrected chi connectivity index (χ2v) is 1.73. The molecule has 0 bridgehead atoms. The molecule has 1 rings (SSSR count). The van der Waals surface area contributed by atoms with E-state index in [9.17, 15) is 9.59 Å². The third kappa shape index (κ3) is 1.08. The molecule has 0 aromatic rings. The van der Waals surface area contributed by atoms with Gasteiger partial charge in [0.1, 0.15) is 0 Å². The van der Waals surface area contributed by atoms with Gasteiger partial charge in [-0.2, -0.15) is 5.32 Å². The monoisotopic (exact) mass is 137 g/mol. The summed E-state index contributed by atoms with van der Waals surface area (Å²) < 4.78 is 0. The number of nitrogens with zero attached hydrogens (tertiary/aromatic N) is 1. The second-order valence-electron chi connectivity index (χ2n) is 1.73. The summed E-state index contributed by atoms with van der Waals surface area (Å²) >= 11 is 0. The van der Waals surface area contributed by atoms with Crippen molar-refractivity contribution in [3.05, 3.63) is 0 Å². The van der Waals surface area contributed by atoms with Crippen molar-refractivity contribution in [2.45, 2.75) is 13.0 Å². The van der Waals surface area contributed by atoms with Crippen molar-refractivity contribution in [1.82, 2.24) is 10.6 Å². The van der Waals surface area contributed by atoms with Gasteiger partial charge in [0.2, 0.25) is 0 Å². The first-order valence-electron chi connectivity index (χ1n) is 2.72. The molecule has 0 saturated carbocycles. The van der Waals surface area contributed by atoms with Gasteiger partial charge in [0.05, 0.1) is 0 Å². The largest absolute Gasteiger partial charge is 0.345 e. The van der Waals surface area contributed by atoms with Crippen molar-refractivity contribution < 1.29 is 9.59 Å². The van der Waals surface area contributed by atoms with E-state index in [1.165, 1.54) is 0 Å². The molecule has 1 radical (unpaired) electrons. The van der Waals surface area contributed by atoms with Crippen molar-refractivity contribution in [3.63, 3.8) is 0 Å². The zero-order valence-electron chi connectivity index (χ0n) is 5.34. The number of nitrogens with one attached hydrogen (secondary N) is 1. The highest BCUT2D eigenvalue weighted by Crippen LogP contribution is 1.91. The zero-order valence-corrected chi connectivity index (χ0v) is 5.34. The Hall–Kier alpha value is -1.50. The number of carbonyl (C=O) groups is 2. The lowest BCUT2D eigenvalue weighted by atomic mass is 10.3. The quantitative estimate of drug-likeness (QED) is 0.352. The Bertz CT molecular complexity index is 236. The van der Waals surface area contributed by atoms with Gasteiger partial charge in [-0.25, -0.2) is 4.79 Å². The molecule has 0 aromatic heterocycles. The third-order valence-electron chi connectivity index (χ3n) is 1.02. The van der Waals surface area contributed by atoms with Crippen LogP contribution in [0.2, 0.25) is 0 Å². The minimum Gasteiger partial charge on any atom is -0.314 e. The van der Waals surface area contributed by atoms with E-state index in [1.807, 2.05) is 0 Å². The maximum Gasteiger partial charge on any atom is 0.345 e. The maximum absolute atomic E-state index is 10.6. The van der Waals surface area contributed by atoms with Crippen molar-refractivity contribution >= 4 is 11.9 Å². The summed E-state index contributed by atoms with van der Waals surface area (Å²) in [5, 5.41) is 5.37. The molecule has 1 fully saturated rings. The highest BCUT2D eigenvalue weighted by atomic mass is 16.2. The Morgan fingerprint density at radius 2 is 2.30 bits per heavy atom. The van der Waals surface area contributed by atoms with E-state index in [1.54, 1.807) is 6.92 Å². The summed E-state index contributed by atoms with van der Waals surface area (Å²) in [6.07, 6.45) is 0. The van der Waals surface area contributed by atoms with Crippen LogP contribution in [0.4, 0.5) is 4.79 Å². The Morgan fingerprint density at radius 1 is 1.60 bits per heavy atom. The summed E-state index contributed by atoms with van der Waals surface area (Å²) in [6.45, 7) is 1.59. The zero-order chi connectivity index (χ0) is 7.56. The van der Waals surface area contributed by atoms with Crippen molar-refractivity contribution in [2.75, 3.05) is 0 Å². The highest BCUT2D eigenvalue weighted by molar-refractivity contribution is 6.05. The Kier molecular flexibility index (Phi) is 1.59. The van der Waals surface area contributed by atoms with E-state index in [-0.39, 0.29) is 0 Å². The summed E-state index contributed by atoms with van der Waals surface area (Å²) in [6, 6.07) is -1.31.